The van der Waals surface area contributed by atoms with Gasteiger partial charge in [0.15, 0.2) is 5.65 Å². The van der Waals surface area contributed by atoms with Crippen LogP contribution in [0.15, 0.2) is 29.2 Å². The topological polar surface area (TPSA) is 71.8 Å². The van der Waals surface area contributed by atoms with E-state index in [0.717, 1.165) is 66.4 Å². The van der Waals surface area contributed by atoms with Crippen molar-refractivity contribution in [3.8, 4) is 0 Å². The second kappa shape index (κ2) is 9.67. The molecular formula is C25H35N5O. The minimum atomic E-state index is 0.0432. The van der Waals surface area contributed by atoms with Gasteiger partial charge in [0.05, 0.1) is 16.6 Å². The lowest BCUT2D eigenvalue weighted by Crippen LogP contribution is -2.33. The Labute approximate surface area is 184 Å². The number of rotatable bonds is 7. The second-order valence-electron chi connectivity index (χ2n) is 8.74. The number of hydrogen-bond acceptors (Lipinski definition) is 5. The minimum Gasteiger partial charge on any atom is -0.387 e. The maximum atomic E-state index is 13.9. The number of nitrogens with zero attached hydrogens (tertiary/aromatic N) is 3. The highest BCUT2D eigenvalue weighted by atomic mass is 16.1. The lowest BCUT2D eigenvalue weighted by Gasteiger charge is -2.30. The molecule has 2 aliphatic carbocycles. The molecule has 2 aromatic rings. The average Bonchev–Trinajstić information content (AvgIpc) is 2.74. The lowest BCUT2D eigenvalue weighted by atomic mass is 9.91. The third kappa shape index (κ3) is 4.25. The van der Waals surface area contributed by atoms with Crippen molar-refractivity contribution in [2.75, 3.05) is 17.7 Å². The molecular weight excluding hydrogens is 386 g/mol. The zero-order valence-corrected chi connectivity index (χ0v) is 19.1. The molecule has 0 spiro atoms. The molecule has 6 heteroatoms. The number of pyridine rings is 1. The number of hydrogen-bond donors (Lipinski definition) is 2. The molecule has 31 heavy (non-hydrogen) atoms. The third-order valence-electron chi connectivity index (χ3n) is 6.64. The molecule has 2 fully saturated rings. The molecule has 0 saturated heterocycles. The van der Waals surface area contributed by atoms with Gasteiger partial charge in [-0.05, 0) is 51.0 Å². The summed E-state index contributed by atoms with van der Waals surface area (Å²) in [4.78, 5) is 23.4. The van der Waals surface area contributed by atoms with Crippen LogP contribution in [0.25, 0.3) is 16.6 Å². The quantitative estimate of drug-likeness (QED) is 0.563. The Morgan fingerprint density at radius 3 is 2.58 bits per heavy atom. The summed E-state index contributed by atoms with van der Waals surface area (Å²) in [5.74, 6) is 0.638. The van der Waals surface area contributed by atoms with Gasteiger partial charge in [0.2, 0.25) is 5.95 Å². The van der Waals surface area contributed by atoms with E-state index in [4.69, 9.17) is 4.98 Å². The van der Waals surface area contributed by atoms with Crippen molar-refractivity contribution < 1.29 is 0 Å². The van der Waals surface area contributed by atoms with E-state index in [9.17, 15) is 4.79 Å². The fourth-order valence-corrected chi connectivity index (χ4v) is 4.85. The van der Waals surface area contributed by atoms with Gasteiger partial charge in [-0.2, -0.15) is 4.98 Å². The Bertz CT molecular complexity index is 1040. The highest BCUT2D eigenvalue weighted by molar-refractivity contribution is 5.97. The van der Waals surface area contributed by atoms with Crippen molar-refractivity contribution in [3.63, 3.8) is 0 Å². The van der Waals surface area contributed by atoms with Gasteiger partial charge >= 0.3 is 0 Å². The van der Waals surface area contributed by atoms with E-state index in [-0.39, 0.29) is 11.6 Å². The maximum Gasteiger partial charge on any atom is 0.262 e. The molecule has 2 N–H and O–H groups in total. The first kappa shape index (κ1) is 21.6. The van der Waals surface area contributed by atoms with E-state index in [1.807, 2.05) is 36.9 Å². The van der Waals surface area contributed by atoms with Crippen LogP contribution in [0.2, 0.25) is 0 Å². The summed E-state index contributed by atoms with van der Waals surface area (Å²) >= 11 is 0. The van der Waals surface area contributed by atoms with E-state index >= 15 is 0 Å². The van der Waals surface area contributed by atoms with Gasteiger partial charge in [0.25, 0.3) is 5.56 Å². The molecule has 2 aliphatic rings. The molecule has 166 valence electrons. The Hall–Kier alpha value is -2.63. The van der Waals surface area contributed by atoms with Crippen LogP contribution in [0, 0.1) is 0 Å². The molecule has 6 nitrogen and oxygen atoms in total. The van der Waals surface area contributed by atoms with Gasteiger partial charge in [-0.15, -0.1) is 0 Å². The summed E-state index contributed by atoms with van der Waals surface area (Å²) in [6.07, 6.45) is 18.2. The Balaban J connectivity index is 1.90. The summed E-state index contributed by atoms with van der Waals surface area (Å²) in [7, 11) is 1.87. The normalized spacial score (nSPS) is 18.5. The maximum absolute atomic E-state index is 13.9. The van der Waals surface area contributed by atoms with Gasteiger partial charge in [0, 0.05) is 25.3 Å². The summed E-state index contributed by atoms with van der Waals surface area (Å²) in [6.45, 7) is 4.08. The molecule has 0 unspecified atom stereocenters. The Morgan fingerprint density at radius 2 is 1.97 bits per heavy atom. The van der Waals surface area contributed by atoms with Gasteiger partial charge < -0.3 is 10.6 Å². The standard InChI is InChI=1S/C25H35N5O/c1-4-10-17(11-5-2)21-22(26-3)20-16-27-25(28-18-12-7-6-8-13-18)29-23(20)30(24(21)31)19-14-9-15-19/h4,10-11,16,18-19,26H,5-9,12-15H2,1-3H3,(H,27,28,29)/b10-4-,17-11+. The predicted octanol–water partition coefficient (Wildman–Crippen LogP) is 5.67. The number of aromatic nitrogens is 3. The van der Waals surface area contributed by atoms with E-state index in [1.54, 1.807) is 0 Å². The lowest BCUT2D eigenvalue weighted by molar-refractivity contribution is 0.313. The SMILES string of the molecule is C/C=C\C(=C/CC)c1c(NC)c2cnc(NC3CCCCC3)nc2n(C2CCC2)c1=O. The van der Waals surface area contributed by atoms with Gasteiger partial charge in [-0.3, -0.25) is 9.36 Å². The molecule has 0 bridgehead atoms. The van der Waals surface area contributed by atoms with Crippen LogP contribution in [-0.2, 0) is 0 Å². The number of fused-ring (bicyclic) bond motifs is 1. The zero-order valence-electron chi connectivity index (χ0n) is 19.1. The van der Waals surface area contributed by atoms with Crippen molar-refractivity contribution >= 4 is 28.2 Å². The van der Waals surface area contributed by atoms with Crippen molar-refractivity contribution in [1.82, 2.24) is 14.5 Å². The highest BCUT2D eigenvalue weighted by Gasteiger charge is 2.28. The average molecular weight is 422 g/mol. The number of allylic oxidation sites excluding steroid dienone is 4. The van der Waals surface area contributed by atoms with E-state index in [0.29, 0.717) is 12.0 Å². The predicted molar refractivity (Wildman–Crippen MR) is 130 cm³/mol. The molecule has 0 aliphatic heterocycles. The Morgan fingerprint density at radius 1 is 1.19 bits per heavy atom. The summed E-state index contributed by atoms with van der Waals surface area (Å²) in [5, 5.41) is 7.73. The van der Waals surface area contributed by atoms with Crippen LogP contribution in [0.4, 0.5) is 11.6 Å². The molecule has 4 rings (SSSR count). The van der Waals surface area contributed by atoms with Crippen molar-refractivity contribution in [1.29, 1.82) is 0 Å². The van der Waals surface area contributed by atoms with Crippen molar-refractivity contribution in [2.24, 2.45) is 0 Å². The van der Waals surface area contributed by atoms with Crippen LogP contribution in [0.3, 0.4) is 0 Å². The molecule has 0 atom stereocenters. The van der Waals surface area contributed by atoms with Crippen molar-refractivity contribution in [2.45, 2.75) is 83.7 Å². The van der Waals surface area contributed by atoms with E-state index < -0.39 is 0 Å². The molecule has 2 heterocycles. The Kier molecular flexibility index (Phi) is 6.73. The van der Waals surface area contributed by atoms with E-state index in [1.165, 1.54) is 19.3 Å². The smallest absolute Gasteiger partial charge is 0.262 e. The molecule has 0 aromatic carbocycles. The first-order chi connectivity index (χ1) is 15.2. The highest BCUT2D eigenvalue weighted by Crippen LogP contribution is 2.36. The third-order valence-corrected chi connectivity index (χ3v) is 6.64. The fourth-order valence-electron chi connectivity index (χ4n) is 4.85. The largest absolute Gasteiger partial charge is 0.387 e. The summed E-state index contributed by atoms with van der Waals surface area (Å²) in [6, 6.07) is 0.637. The van der Waals surface area contributed by atoms with E-state index in [2.05, 4.69) is 28.6 Å². The van der Waals surface area contributed by atoms with Crippen LogP contribution in [0.5, 0.6) is 0 Å². The van der Waals surface area contributed by atoms with Crippen molar-refractivity contribution in [3.05, 3.63) is 40.3 Å². The monoisotopic (exact) mass is 421 g/mol. The molecule has 0 amide bonds. The number of anilines is 2. The second-order valence-corrected chi connectivity index (χ2v) is 8.74. The number of nitrogens with one attached hydrogen (secondary N) is 2. The first-order valence-corrected chi connectivity index (χ1v) is 11.9. The van der Waals surface area contributed by atoms with Crippen LogP contribution < -0.4 is 16.2 Å². The van der Waals surface area contributed by atoms with Gasteiger partial charge in [-0.1, -0.05) is 44.4 Å². The van der Waals surface area contributed by atoms with Gasteiger partial charge in [-0.25, -0.2) is 4.98 Å². The minimum absolute atomic E-state index is 0.0432. The van der Waals surface area contributed by atoms with Crippen LogP contribution in [-0.4, -0.2) is 27.6 Å². The first-order valence-electron chi connectivity index (χ1n) is 11.9. The van der Waals surface area contributed by atoms with Crippen LogP contribution >= 0.6 is 0 Å². The summed E-state index contributed by atoms with van der Waals surface area (Å²) in [5.41, 5.74) is 3.28. The summed E-state index contributed by atoms with van der Waals surface area (Å²) < 4.78 is 1.94. The molecule has 2 aromatic heterocycles. The molecule has 2 saturated carbocycles. The zero-order chi connectivity index (χ0) is 21.8. The van der Waals surface area contributed by atoms with Gasteiger partial charge in [0.1, 0.15) is 0 Å². The molecule has 0 radical (unpaired) electrons. The fraction of sp³-hybridized carbons (Fsp3) is 0.560. The van der Waals surface area contributed by atoms with Crippen LogP contribution in [0.1, 0.15) is 83.2 Å².